The molecule has 0 unspecified atom stereocenters. The summed E-state index contributed by atoms with van der Waals surface area (Å²) in [4.78, 5) is 15.2. The van der Waals surface area contributed by atoms with Crippen molar-refractivity contribution in [2.75, 3.05) is 5.32 Å². The normalized spacial score (nSPS) is 11.1. The summed E-state index contributed by atoms with van der Waals surface area (Å²) in [6.07, 6.45) is -4.18. The summed E-state index contributed by atoms with van der Waals surface area (Å²) in [6, 6.07) is 6.06. The SMILES string of the molecule is O=C(Nc1cc(Cl)nc(Cl)c1)C(F)(F)Oc1ccc(F)cc1. The molecule has 2 rings (SSSR count). The quantitative estimate of drug-likeness (QED) is 0.843. The average Bonchev–Trinajstić information content (AvgIpc) is 2.40. The van der Waals surface area contributed by atoms with E-state index in [4.69, 9.17) is 23.2 Å². The number of carbonyl (C=O) groups excluding carboxylic acids is 1. The molecular formula is C13H7Cl2F3N2O2. The number of hydrogen-bond donors (Lipinski definition) is 1. The monoisotopic (exact) mass is 350 g/mol. The van der Waals surface area contributed by atoms with Crippen molar-refractivity contribution in [1.29, 1.82) is 0 Å². The van der Waals surface area contributed by atoms with E-state index < -0.39 is 17.8 Å². The number of anilines is 1. The molecule has 0 fully saturated rings. The summed E-state index contributed by atoms with van der Waals surface area (Å²) < 4.78 is 44.3. The number of nitrogens with one attached hydrogen (secondary N) is 1. The van der Waals surface area contributed by atoms with E-state index >= 15 is 0 Å². The van der Waals surface area contributed by atoms with E-state index in [-0.39, 0.29) is 21.7 Å². The molecule has 2 aromatic rings. The maximum atomic E-state index is 13.7. The number of aromatic nitrogens is 1. The Kier molecular flexibility index (Phi) is 4.77. The topological polar surface area (TPSA) is 51.2 Å². The van der Waals surface area contributed by atoms with Crippen molar-refractivity contribution in [1.82, 2.24) is 4.98 Å². The summed E-state index contributed by atoms with van der Waals surface area (Å²) in [6.45, 7) is 0. The van der Waals surface area contributed by atoms with Crippen LogP contribution >= 0.6 is 23.2 Å². The summed E-state index contributed by atoms with van der Waals surface area (Å²) in [5.74, 6) is -2.73. The minimum absolute atomic E-state index is 0.0719. The molecule has 0 bridgehead atoms. The molecule has 0 radical (unpaired) electrons. The van der Waals surface area contributed by atoms with Gasteiger partial charge in [-0.2, -0.15) is 8.78 Å². The van der Waals surface area contributed by atoms with E-state index in [1.54, 1.807) is 0 Å². The third-order valence-corrected chi connectivity index (χ3v) is 2.73. The Balaban J connectivity index is 2.11. The van der Waals surface area contributed by atoms with Crippen LogP contribution in [0.25, 0.3) is 0 Å². The Morgan fingerprint density at radius 2 is 1.68 bits per heavy atom. The van der Waals surface area contributed by atoms with Crippen molar-refractivity contribution in [2.24, 2.45) is 0 Å². The maximum Gasteiger partial charge on any atom is 0.482 e. The molecule has 116 valence electrons. The van der Waals surface area contributed by atoms with Crippen LogP contribution in [0.15, 0.2) is 36.4 Å². The lowest BCUT2D eigenvalue weighted by Gasteiger charge is -2.17. The maximum absolute atomic E-state index is 13.7. The molecule has 0 aliphatic rings. The zero-order valence-electron chi connectivity index (χ0n) is 10.6. The van der Waals surface area contributed by atoms with E-state index in [1.807, 2.05) is 5.32 Å². The molecule has 1 N–H and O–H groups in total. The predicted octanol–water partition coefficient (Wildman–Crippen LogP) is 4.14. The van der Waals surface area contributed by atoms with Gasteiger partial charge in [0.2, 0.25) is 0 Å². The van der Waals surface area contributed by atoms with E-state index in [2.05, 4.69) is 9.72 Å². The molecular weight excluding hydrogens is 344 g/mol. The molecule has 22 heavy (non-hydrogen) atoms. The molecule has 1 amide bonds. The highest BCUT2D eigenvalue weighted by Crippen LogP contribution is 2.25. The van der Waals surface area contributed by atoms with Crippen molar-refractivity contribution in [3.63, 3.8) is 0 Å². The number of pyridine rings is 1. The van der Waals surface area contributed by atoms with Crippen LogP contribution in [0, 0.1) is 5.82 Å². The summed E-state index contributed by atoms with van der Waals surface area (Å²) in [7, 11) is 0. The van der Waals surface area contributed by atoms with Crippen molar-refractivity contribution < 1.29 is 22.7 Å². The zero-order valence-corrected chi connectivity index (χ0v) is 12.1. The van der Waals surface area contributed by atoms with Gasteiger partial charge in [-0.25, -0.2) is 9.37 Å². The first kappa shape index (κ1) is 16.4. The highest BCUT2D eigenvalue weighted by molar-refractivity contribution is 6.33. The fourth-order valence-corrected chi connectivity index (χ4v) is 1.90. The van der Waals surface area contributed by atoms with Crippen molar-refractivity contribution in [2.45, 2.75) is 6.11 Å². The van der Waals surface area contributed by atoms with Crippen LogP contribution in [0.4, 0.5) is 18.9 Å². The van der Waals surface area contributed by atoms with Crippen LogP contribution in [0.1, 0.15) is 0 Å². The second kappa shape index (κ2) is 6.41. The Morgan fingerprint density at radius 3 is 2.23 bits per heavy atom. The van der Waals surface area contributed by atoms with Crippen molar-refractivity contribution >= 4 is 34.8 Å². The Labute approximate surface area is 132 Å². The van der Waals surface area contributed by atoms with E-state index in [0.29, 0.717) is 0 Å². The van der Waals surface area contributed by atoms with Crippen LogP contribution in [0.2, 0.25) is 10.3 Å². The minimum Gasteiger partial charge on any atom is -0.425 e. The van der Waals surface area contributed by atoms with E-state index in [9.17, 15) is 18.0 Å². The first-order chi connectivity index (χ1) is 10.3. The number of amides is 1. The van der Waals surface area contributed by atoms with Gasteiger partial charge in [-0.3, -0.25) is 4.79 Å². The Hall–Kier alpha value is -1.99. The smallest absolute Gasteiger partial charge is 0.425 e. The highest BCUT2D eigenvalue weighted by Gasteiger charge is 2.42. The molecule has 0 saturated heterocycles. The minimum atomic E-state index is -4.18. The predicted molar refractivity (Wildman–Crippen MR) is 74.9 cm³/mol. The number of nitrogens with zero attached hydrogens (tertiary/aromatic N) is 1. The van der Waals surface area contributed by atoms with Crippen LogP contribution in [-0.4, -0.2) is 17.0 Å². The van der Waals surface area contributed by atoms with Gasteiger partial charge in [0, 0.05) is 5.69 Å². The number of ether oxygens (including phenoxy) is 1. The van der Waals surface area contributed by atoms with Crippen LogP contribution in [-0.2, 0) is 4.79 Å². The summed E-state index contributed by atoms with van der Waals surface area (Å²) >= 11 is 11.2. The third-order valence-electron chi connectivity index (χ3n) is 2.34. The number of halogens is 5. The number of alkyl halides is 2. The van der Waals surface area contributed by atoms with Crippen LogP contribution < -0.4 is 10.1 Å². The molecule has 0 aliphatic heterocycles. The van der Waals surface area contributed by atoms with Gasteiger partial charge in [0.25, 0.3) is 0 Å². The Bertz CT molecular complexity index is 676. The van der Waals surface area contributed by atoms with Crippen LogP contribution in [0.5, 0.6) is 5.75 Å². The van der Waals surface area contributed by atoms with Crippen LogP contribution in [0.3, 0.4) is 0 Å². The zero-order chi connectivity index (χ0) is 16.3. The Morgan fingerprint density at radius 1 is 1.14 bits per heavy atom. The third kappa shape index (κ3) is 4.25. The number of rotatable bonds is 4. The van der Waals surface area contributed by atoms with Crippen molar-refractivity contribution in [3.05, 3.63) is 52.5 Å². The molecule has 0 spiro atoms. The van der Waals surface area contributed by atoms with E-state index in [1.165, 1.54) is 0 Å². The van der Waals surface area contributed by atoms with Crippen molar-refractivity contribution in [3.8, 4) is 5.75 Å². The number of benzene rings is 1. The summed E-state index contributed by atoms with van der Waals surface area (Å²) in [5.41, 5.74) is -0.0719. The molecule has 0 saturated carbocycles. The number of hydrogen-bond acceptors (Lipinski definition) is 3. The summed E-state index contributed by atoms with van der Waals surface area (Å²) in [5, 5.41) is 1.74. The molecule has 0 aliphatic carbocycles. The van der Waals surface area contributed by atoms with Gasteiger partial charge >= 0.3 is 12.0 Å². The fourth-order valence-electron chi connectivity index (χ4n) is 1.44. The lowest BCUT2D eigenvalue weighted by Crippen LogP contribution is -2.40. The molecule has 1 aromatic carbocycles. The first-order valence-electron chi connectivity index (χ1n) is 5.73. The largest absolute Gasteiger partial charge is 0.482 e. The molecule has 1 aromatic heterocycles. The van der Waals surface area contributed by atoms with Gasteiger partial charge in [0.15, 0.2) is 0 Å². The van der Waals surface area contributed by atoms with Gasteiger partial charge in [-0.1, -0.05) is 23.2 Å². The van der Waals surface area contributed by atoms with Gasteiger partial charge < -0.3 is 10.1 Å². The molecule has 0 atom stereocenters. The molecule has 4 nitrogen and oxygen atoms in total. The fraction of sp³-hybridized carbons (Fsp3) is 0.0769. The molecule has 9 heteroatoms. The number of carbonyl (C=O) groups is 1. The molecule has 1 heterocycles. The average molecular weight is 351 g/mol. The first-order valence-corrected chi connectivity index (χ1v) is 6.49. The van der Waals surface area contributed by atoms with E-state index in [0.717, 1.165) is 36.4 Å². The lowest BCUT2D eigenvalue weighted by atomic mass is 10.3. The van der Waals surface area contributed by atoms with Gasteiger partial charge in [0.1, 0.15) is 21.9 Å². The highest BCUT2D eigenvalue weighted by atomic mass is 35.5. The van der Waals surface area contributed by atoms with Gasteiger partial charge in [-0.05, 0) is 36.4 Å². The lowest BCUT2D eigenvalue weighted by molar-refractivity contribution is -0.187. The standard InChI is InChI=1S/C13H7Cl2F3N2O2/c14-10-5-8(6-11(15)20-10)19-12(21)13(17,18)22-9-3-1-7(16)2-4-9/h1-6H,(H,19,20,21). The second-order valence-electron chi connectivity index (χ2n) is 4.03. The van der Waals surface area contributed by atoms with Gasteiger partial charge in [-0.15, -0.1) is 0 Å². The van der Waals surface area contributed by atoms with Gasteiger partial charge in [0.05, 0.1) is 0 Å². The second-order valence-corrected chi connectivity index (χ2v) is 4.80.